The summed E-state index contributed by atoms with van der Waals surface area (Å²) in [5.74, 6) is 0. The van der Waals surface area contributed by atoms with Crippen LogP contribution in [0.2, 0.25) is 0 Å². The Morgan fingerprint density at radius 1 is 1.18 bits per heavy atom. The van der Waals surface area contributed by atoms with Crippen molar-refractivity contribution in [3.63, 3.8) is 0 Å². The van der Waals surface area contributed by atoms with Crippen LogP contribution in [0.15, 0.2) is 47.7 Å². The van der Waals surface area contributed by atoms with Gasteiger partial charge in [0.05, 0.1) is 5.39 Å². The van der Waals surface area contributed by atoms with Crippen molar-refractivity contribution in [3.8, 4) is 11.1 Å². The molecule has 1 N–H and O–H groups in total. The Labute approximate surface area is 163 Å². The van der Waals surface area contributed by atoms with Gasteiger partial charge < -0.3 is 14.6 Å². The fourth-order valence-electron chi connectivity index (χ4n) is 3.55. The van der Waals surface area contributed by atoms with Crippen LogP contribution >= 0.6 is 0 Å². The van der Waals surface area contributed by atoms with E-state index in [0.29, 0.717) is 18.5 Å². The molecule has 144 valence electrons. The van der Waals surface area contributed by atoms with Crippen LogP contribution in [0.5, 0.6) is 0 Å². The Kier molecular flexibility index (Phi) is 4.41. The van der Waals surface area contributed by atoms with Gasteiger partial charge in [0.1, 0.15) is 5.60 Å². The van der Waals surface area contributed by atoms with Crippen molar-refractivity contribution in [1.82, 2.24) is 14.9 Å². The first-order valence-corrected chi connectivity index (χ1v) is 9.37. The number of nitrogens with one attached hydrogen (secondary N) is 1. The predicted molar refractivity (Wildman–Crippen MR) is 108 cm³/mol. The molecule has 4 rings (SSSR count). The first kappa shape index (κ1) is 18.2. The summed E-state index contributed by atoms with van der Waals surface area (Å²) >= 11 is 0. The summed E-state index contributed by atoms with van der Waals surface area (Å²) in [7, 11) is 0. The van der Waals surface area contributed by atoms with E-state index in [1.54, 1.807) is 23.5 Å². The third-order valence-electron chi connectivity index (χ3n) is 4.88. The number of pyridine rings is 2. The Balaban J connectivity index is 1.69. The number of hydrogen-bond acceptors (Lipinski definition) is 4. The molecule has 3 heterocycles. The third-order valence-corrected chi connectivity index (χ3v) is 4.88. The standard InChI is InChI=1S/C22H23N3O3/c1-22(2,3)28-21(27)25-9-7-14-4-5-15(10-16(14)13-25)18-12-24-20(26)19-11-23-8-6-17(18)19/h4-6,8,10-12H,7,9,13H2,1-3H3,(H,24,26). The van der Waals surface area contributed by atoms with E-state index < -0.39 is 5.60 Å². The monoisotopic (exact) mass is 377 g/mol. The smallest absolute Gasteiger partial charge is 0.410 e. The fourth-order valence-corrected chi connectivity index (χ4v) is 3.55. The van der Waals surface area contributed by atoms with Crippen molar-refractivity contribution in [1.29, 1.82) is 0 Å². The van der Waals surface area contributed by atoms with E-state index in [4.69, 9.17) is 4.74 Å². The average Bonchev–Trinajstić information content (AvgIpc) is 2.66. The average molecular weight is 377 g/mol. The van der Waals surface area contributed by atoms with Gasteiger partial charge in [-0.2, -0.15) is 0 Å². The highest BCUT2D eigenvalue weighted by molar-refractivity contribution is 5.95. The second-order valence-corrected chi connectivity index (χ2v) is 8.09. The zero-order valence-corrected chi connectivity index (χ0v) is 16.3. The van der Waals surface area contributed by atoms with E-state index in [1.807, 2.05) is 26.8 Å². The molecule has 0 fully saturated rings. The van der Waals surface area contributed by atoms with Gasteiger partial charge in [-0.15, -0.1) is 0 Å². The number of fused-ring (bicyclic) bond motifs is 2. The lowest BCUT2D eigenvalue weighted by atomic mass is 9.94. The van der Waals surface area contributed by atoms with Gasteiger partial charge in [0.15, 0.2) is 0 Å². The maximum Gasteiger partial charge on any atom is 0.410 e. The molecule has 2 aromatic heterocycles. The number of carbonyl (C=O) groups excluding carboxylic acids is 1. The number of H-pyrrole nitrogens is 1. The molecule has 6 heteroatoms. The number of ether oxygens (including phenoxy) is 1. The number of nitrogens with zero attached hydrogens (tertiary/aromatic N) is 2. The maximum atomic E-state index is 12.4. The van der Waals surface area contributed by atoms with Gasteiger partial charge in [-0.05, 0) is 61.4 Å². The van der Waals surface area contributed by atoms with Crippen molar-refractivity contribution in [3.05, 3.63) is 64.3 Å². The Hall–Kier alpha value is -3.15. The second kappa shape index (κ2) is 6.78. The molecule has 0 saturated carbocycles. The van der Waals surface area contributed by atoms with Gasteiger partial charge in [-0.25, -0.2) is 4.79 Å². The lowest BCUT2D eigenvalue weighted by Gasteiger charge is -2.31. The Bertz CT molecular complexity index is 1110. The van der Waals surface area contributed by atoms with E-state index in [1.165, 1.54) is 5.56 Å². The molecule has 0 saturated heterocycles. The lowest BCUT2D eigenvalue weighted by molar-refractivity contribution is 0.0224. The number of amides is 1. The molecule has 0 bridgehead atoms. The quantitative estimate of drug-likeness (QED) is 0.698. The molecule has 1 aliphatic rings. The van der Waals surface area contributed by atoms with Gasteiger partial charge in [0.2, 0.25) is 0 Å². The van der Waals surface area contributed by atoms with Crippen LogP contribution in [-0.4, -0.2) is 33.1 Å². The molecule has 0 radical (unpaired) electrons. The zero-order valence-electron chi connectivity index (χ0n) is 16.3. The predicted octanol–water partition coefficient (Wildman–Crippen LogP) is 3.88. The minimum absolute atomic E-state index is 0.152. The van der Waals surface area contributed by atoms with Crippen molar-refractivity contribution in [2.75, 3.05) is 6.54 Å². The first-order chi connectivity index (χ1) is 13.3. The third kappa shape index (κ3) is 3.50. The summed E-state index contributed by atoms with van der Waals surface area (Å²) < 4.78 is 5.52. The molecule has 28 heavy (non-hydrogen) atoms. The highest BCUT2D eigenvalue weighted by Gasteiger charge is 2.26. The molecule has 1 amide bonds. The number of carbonyl (C=O) groups is 1. The van der Waals surface area contributed by atoms with Crippen LogP contribution in [0.25, 0.3) is 21.9 Å². The normalized spacial score (nSPS) is 14.0. The zero-order chi connectivity index (χ0) is 19.9. The molecule has 0 unspecified atom stereocenters. The molecule has 6 nitrogen and oxygen atoms in total. The minimum atomic E-state index is -0.512. The SMILES string of the molecule is CC(C)(C)OC(=O)N1CCc2ccc(-c3c[nH]c(=O)c4cnccc34)cc2C1. The number of aromatic amines is 1. The first-order valence-electron chi connectivity index (χ1n) is 9.37. The maximum absolute atomic E-state index is 12.4. The van der Waals surface area contributed by atoms with Gasteiger partial charge in [0, 0.05) is 37.2 Å². The molecule has 1 aliphatic heterocycles. The van der Waals surface area contributed by atoms with E-state index in [0.717, 1.165) is 28.5 Å². The number of hydrogen-bond donors (Lipinski definition) is 1. The summed E-state index contributed by atoms with van der Waals surface area (Å²) in [5.41, 5.74) is 3.61. The van der Waals surface area contributed by atoms with Crippen LogP contribution in [-0.2, 0) is 17.7 Å². The lowest BCUT2D eigenvalue weighted by Crippen LogP contribution is -2.39. The van der Waals surface area contributed by atoms with Crippen molar-refractivity contribution in [2.24, 2.45) is 0 Å². The van der Waals surface area contributed by atoms with E-state index in [9.17, 15) is 9.59 Å². The van der Waals surface area contributed by atoms with E-state index in [-0.39, 0.29) is 11.7 Å². The summed E-state index contributed by atoms with van der Waals surface area (Å²) in [6.07, 6.45) is 5.52. The fraction of sp³-hybridized carbons (Fsp3) is 0.318. The molecule has 0 spiro atoms. The number of rotatable bonds is 1. The number of aromatic nitrogens is 2. The molecule has 3 aromatic rings. The largest absolute Gasteiger partial charge is 0.444 e. The highest BCUT2D eigenvalue weighted by Crippen LogP contribution is 2.30. The summed E-state index contributed by atoms with van der Waals surface area (Å²) in [6, 6.07) is 8.12. The molecular weight excluding hydrogens is 354 g/mol. The van der Waals surface area contributed by atoms with Crippen LogP contribution < -0.4 is 5.56 Å². The summed E-state index contributed by atoms with van der Waals surface area (Å²) in [5, 5.41) is 1.42. The molecular formula is C22H23N3O3. The topological polar surface area (TPSA) is 75.3 Å². The van der Waals surface area contributed by atoms with Gasteiger partial charge in [0.25, 0.3) is 5.56 Å². The van der Waals surface area contributed by atoms with Crippen LogP contribution in [0, 0.1) is 0 Å². The van der Waals surface area contributed by atoms with Crippen molar-refractivity contribution in [2.45, 2.75) is 39.3 Å². The van der Waals surface area contributed by atoms with Gasteiger partial charge in [-0.3, -0.25) is 9.78 Å². The Morgan fingerprint density at radius 3 is 2.79 bits per heavy atom. The van der Waals surface area contributed by atoms with Crippen molar-refractivity contribution >= 4 is 16.9 Å². The highest BCUT2D eigenvalue weighted by atomic mass is 16.6. The van der Waals surface area contributed by atoms with Crippen LogP contribution in [0.4, 0.5) is 4.79 Å². The summed E-state index contributed by atoms with van der Waals surface area (Å²) in [4.78, 5) is 33.1. The molecule has 1 aromatic carbocycles. The van der Waals surface area contributed by atoms with Crippen LogP contribution in [0.1, 0.15) is 31.9 Å². The second-order valence-electron chi connectivity index (χ2n) is 8.09. The number of benzene rings is 1. The molecule has 0 aliphatic carbocycles. The van der Waals surface area contributed by atoms with E-state index in [2.05, 4.69) is 28.2 Å². The van der Waals surface area contributed by atoms with Crippen LogP contribution in [0.3, 0.4) is 0 Å². The van der Waals surface area contributed by atoms with Gasteiger partial charge >= 0.3 is 6.09 Å². The van der Waals surface area contributed by atoms with Crippen molar-refractivity contribution < 1.29 is 9.53 Å². The Morgan fingerprint density at radius 2 is 2.00 bits per heavy atom. The molecule has 0 atom stereocenters. The summed E-state index contributed by atoms with van der Waals surface area (Å²) in [6.45, 7) is 6.78. The minimum Gasteiger partial charge on any atom is -0.444 e. The van der Waals surface area contributed by atoms with E-state index >= 15 is 0 Å². The van der Waals surface area contributed by atoms with Gasteiger partial charge in [-0.1, -0.05) is 12.1 Å².